The molecule has 25 heavy (non-hydrogen) atoms. The fourth-order valence-corrected chi connectivity index (χ4v) is 2.91. The number of unbranched alkanes of at least 4 members (excludes halogenated alkanes) is 5. The van der Waals surface area contributed by atoms with Gasteiger partial charge >= 0.3 is 5.97 Å². The molecule has 0 rings (SSSR count). The molecule has 0 saturated carbocycles. The maximum Gasteiger partial charge on any atom is 0.313 e. The predicted molar refractivity (Wildman–Crippen MR) is 113 cm³/mol. The number of carboxylic acids is 1. The summed E-state index contributed by atoms with van der Waals surface area (Å²) in [6.07, 6.45) is 29.4. The first kappa shape index (κ1) is 23.8. The molecular formula is C22H36O2S. The molecule has 0 aliphatic rings. The van der Waals surface area contributed by atoms with Crippen LogP contribution in [-0.4, -0.2) is 22.6 Å². The third kappa shape index (κ3) is 22.8. The van der Waals surface area contributed by atoms with Crippen LogP contribution < -0.4 is 0 Å². The van der Waals surface area contributed by atoms with Crippen molar-refractivity contribution in [3.05, 3.63) is 48.6 Å². The molecule has 0 spiro atoms. The largest absolute Gasteiger partial charge is 0.481 e. The van der Waals surface area contributed by atoms with E-state index in [1.807, 2.05) is 0 Å². The Kier molecular flexibility index (Phi) is 19.8. The summed E-state index contributed by atoms with van der Waals surface area (Å²) in [5, 5.41) is 8.52. The van der Waals surface area contributed by atoms with Crippen LogP contribution in [0.4, 0.5) is 0 Å². The molecule has 0 bridgehead atoms. The van der Waals surface area contributed by atoms with E-state index < -0.39 is 5.97 Å². The first-order valence-corrected chi connectivity index (χ1v) is 10.8. The van der Waals surface area contributed by atoms with Crippen LogP contribution in [0.15, 0.2) is 48.6 Å². The first-order chi connectivity index (χ1) is 12.3. The Labute approximate surface area is 159 Å². The Bertz CT molecular complexity index is 408. The van der Waals surface area contributed by atoms with Crippen LogP contribution in [0, 0.1) is 0 Å². The Morgan fingerprint density at radius 2 is 1.24 bits per heavy atom. The van der Waals surface area contributed by atoms with Crippen molar-refractivity contribution < 1.29 is 9.90 Å². The van der Waals surface area contributed by atoms with Crippen molar-refractivity contribution in [2.45, 2.75) is 71.1 Å². The average Bonchev–Trinajstić information content (AvgIpc) is 2.60. The van der Waals surface area contributed by atoms with Gasteiger partial charge in [0.25, 0.3) is 0 Å². The summed E-state index contributed by atoms with van der Waals surface area (Å²) < 4.78 is 0. The van der Waals surface area contributed by atoms with Gasteiger partial charge in [0.15, 0.2) is 0 Å². The highest BCUT2D eigenvalue weighted by atomic mass is 32.2. The van der Waals surface area contributed by atoms with E-state index in [1.165, 1.54) is 37.4 Å². The van der Waals surface area contributed by atoms with Crippen LogP contribution in [0.3, 0.4) is 0 Å². The van der Waals surface area contributed by atoms with Gasteiger partial charge < -0.3 is 5.11 Å². The van der Waals surface area contributed by atoms with Crippen LogP contribution >= 0.6 is 11.8 Å². The monoisotopic (exact) mass is 364 g/mol. The Balaban J connectivity index is 3.36. The molecule has 1 N–H and O–H groups in total. The van der Waals surface area contributed by atoms with Gasteiger partial charge in [0, 0.05) is 0 Å². The van der Waals surface area contributed by atoms with E-state index in [9.17, 15) is 4.79 Å². The van der Waals surface area contributed by atoms with Crippen LogP contribution in [-0.2, 0) is 4.79 Å². The number of rotatable bonds is 17. The minimum Gasteiger partial charge on any atom is -0.481 e. The molecular weight excluding hydrogens is 328 g/mol. The minimum atomic E-state index is -0.717. The quantitative estimate of drug-likeness (QED) is 0.224. The number of thioether (sulfide) groups is 1. The van der Waals surface area contributed by atoms with Gasteiger partial charge in [-0.05, 0) is 57.1 Å². The number of carbonyl (C=O) groups is 1. The van der Waals surface area contributed by atoms with Gasteiger partial charge in [-0.15, -0.1) is 0 Å². The number of aliphatic carboxylic acids is 1. The summed E-state index contributed by atoms with van der Waals surface area (Å²) in [7, 11) is 0. The van der Waals surface area contributed by atoms with Gasteiger partial charge in [0.1, 0.15) is 0 Å². The minimum absolute atomic E-state index is 0.227. The predicted octanol–water partition coefficient (Wildman–Crippen LogP) is 6.95. The van der Waals surface area contributed by atoms with Gasteiger partial charge in [0.2, 0.25) is 0 Å². The highest BCUT2D eigenvalue weighted by Gasteiger charge is 1.95. The van der Waals surface area contributed by atoms with E-state index in [2.05, 4.69) is 55.5 Å². The van der Waals surface area contributed by atoms with Crippen molar-refractivity contribution in [2.24, 2.45) is 0 Å². The maximum atomic E-state index is 10.3. The molecule has 0 aromatic rings. The van der Waals surface area contributed by atoms with Crippen LogP contribution in [0.1, 0.15) is 71.1 Å². The van der Waals surface area contributed by atoms with E-state index in [0.29, 0.717) is 0 Å². The van der Waals surface area contributed by atoms with Gasteiger partial charge in [0.05, 0.1) is 5.75 Å². The summed E-state index contributed by atoms with van der Waals surface area (Å²) in [5.74, 6) is 0.454. The number of carboxylic acid groups (broad SMARTS) is 1. The fraction of sp³-hybridized carbons (Fsp3) is 0.591. The third-order valence-electron chi connectivity index (χ3n) is 3.59. The highest BCUT2D eigenvalue weighted by Crippen LogP contribution is 2.06. The standard InChI is InChI=1S/C22H36O2S/c1-2-3-4-5-6-7-8-9-10-11-12-13-14-15-16-17-18-19-20-25-21-22(23)24/h6-7,9-10,12-13,15-16H,2-5,8,11,14,17-21H2,1H3,(H,23,24)/b7-6-,10-9-,13-12-,16-15-. The normalized spacial score (nSPS) is 12.4. The molecule has 0 fully saturated rings. The molecule has 0 aromatic heterocycles. The van der Waals surface area contributed by atoms with Crippen molar-refractivity contribution in [1.82, 2.24) is 0 Å². The summed E-state index contributed by atoms with van der Waals surface area (Å²) in [6.45, 7) is 2.24. The second kappa shape index (κ2) is 20.8. The molecule has 0 radical (unpaired) electrons. The van der Waals surface area contributed by atoms with E-state index in [1.54, 1.807) is 0 Å². The first-order valence-electron chi connectivity index (χ1n) is 9.67. The maximum absolute atomic E-state index is 10.3. The lowest BCUT2D eigenvalue weighted by molar-refractivity contribution is -0.133. The van der Waals surface area contributed by atoms with Gasteiger partial charge in [-0.3, -0.25) is 4.79 Å². The van der Waals surface area contributed by atoms with Gasteiger partial charge in [-0.2, -0.15) is 11.8 Å². The molecule has 0 saturated heterocycles. The van der Waals surface area contributed by atoms with Crippen LogP contribution in [0.2, 0.25) is 0 Å². The Morgan fingerprint density at radius 3 is 1.72 bits per heavy atom. The van der Waals surface area contributed by atoms with Gasteiger partial charge in [-0.25, -0.2) is 0 Å². The zero-order valence-electron chi connectivity index (χ0n) is 15.9. The zero-order chi connectivity index (χ0) is 18.4. The Hall–Kier alpha value is -1.22. The highest BCUT2D eigenvalue weighted by molar-refractivity contribution is 7.99. The molecule has 2 nitrogen and oxygen atoms in total. The Morgan fingerprint density at radius 1 is 0.760 bits per heavy atom. The fourth-order valence-electron chi connectivity index (χ4n) is 2.19. The van der Waals surface area contributed by atoms with Crippen LogP contribution in [0.5, 0.6) is 0 Å². The molecule has 142 valence electrons. The van der Waals surface area contributed by atoms with Crippen molar-refractivity contribution >= 4 is 17.7 Å². The molecule has 0 aliphatic carbocycles. The molecule has 0 atom stereocenters. The van der Waals surface area contributed by atoms with Crippen LogP contribution in [0.25, 0.3) is 0 Å². The average molecular weight is 365 g/mol. The molecule has 0 unspecified atom stereocenters. The van der Waals surface area contributed by atoms with Crippen molar-refractivity contribution in [3.63, 3.8) is 0 Å². The van der Waals surface area contributed by atoms with Gasteiger partial charge in [-0.1, -0.05) is 68.4 Å². The summed E-state index contributed by atoms with van der Waals surface area (Å²) in [5.41, 5.74) is 0. The summed E-state index contributed by atoms with van der Waals surface area (Å²) in [4.78, 5) is 10.3. The lowest BCUT2D eigenvalue weighted by Crippen LogP contribution is -1.98. The molecule has 0 heterocycles. The van der Waals surface area contributed by atoms with Crippen molar-refractivity contribution in [1.29, 1.82) is 0 Å². The summed E-state index contributed by atoms with van der Waals surface area (Å²) >= 11 is 1.50. The smallest absolute Gasteiger partial charge is 0.313 e. The van der Waals surface area contributed by atoms with E-state index in [-0.39, 0.29) is 5.75 Å². The lowest BCUT2D eigenvalue weighted by atomic mass is 10.2. The molecule has 0 amide bonds. The second-order valence-corrected chi connectivity index (χ2v) is 7.14. The van der Waals surface area contributed by atoms with Crippen molar-refractivity contribution in [2.75, 3.05) is 11.5 Å². The number of allylic oxidation sites excluding steroid dienone is 8. The lowest BCUT2D eigenvalue weighted by Gasteiger charge is -1.96. The topological polar surface area (TPSA) is 37.3 Å². The SMILES string of the molecule is CCCCC/C=C\C/C=C\C/C=C\C/C=C\CCCCSCC(=O)O. The third-order valence-corrected chi connectivity index (χ3v) is 4.62. The molecule has 0 aliphatic heterocycles. The van der Waals surface area contributed by atoms with E-state index >= 15 is 0 Å². The van der Waals surface area contributed by atoms with E-state index in [4.69, 9.17) is 5.11 Å². The number of hydrogen-bond donors (Lipinski definition) is 1. The van der Waals surface area contributed by atoms with E-state index in [0.717, 1.165) is 44.3 Å². The van der Waals surface area contributed by atoms with Crippen molar-refractivity contribution in [3.8, 4) is 0 Å². The molecule has 0 aromatic carbocycles. The molecule has 3 heteroatoms. The zero-order valence-corrected chi connectivity index (χ0v) is 16.7. The number of hydrogen-bond acceptors (Lipinski definition) is 2. The second-order valence-electron chi connectivity index (χ2n) is 6.03. The summed E-state index contributed by atoms with van der Waals surface area (Å²) in [6, 6.07) is 0.